The fourth-order valence-electron chi connectivity index (χ4n) is 2.90. The molecule has 2 aromatic rings. The highest BCUT2D eigenvalue weighted by Crippen LogP contribution is 2.24. The maximum Gasteiger partial charge on any atom is 0.115 e. The van der Waals surface area contributed by atoms with Gasteiger partial charge in [-0.1, -0.05) is 28.1 Å². The molecule has 1 aliphatic heterocycles. The van der Waals surface area contributed by atoms with Crippen LogP contribution in [-0.4, -0.2) is 23.1 Å². The summed E-state index contributed by atoms with van der Waals surface area (Å²) in [6.07, 6.45) is 1.96. The van der Waals surface area contributed by atoms with E-state index in [4.69, 9.17) is 5.26 Å². The van der Waals surface area contributed by atoms with E-state index in [0.29, 0.717) is 11.3 Å². The molecule has 2 aromatic carbocycles. The summed E-state index contributed by atoms with van der Waals surface area (Å²) in [4.78, 5) is 2.42. The molecule has 0 bridgehead atoms. The van der Waals surface area contributed by atoms with Crippen molar-refractivity contribution >= 4 is 15.9 Å². The lowest BCUT2D eigenvalue weighted by Crippen LogP contribution is -2.26. The molecular formula is C18H17BrN2O. The van der Waals surface area contributed by atoms with Gasteiger partial charge in [-0.15, -0.1) is 0 Å². The number of halogens is 1. The second-order valence-corrected chi connectivity index (χ2v) is 6.50. The van der Waals surface area contributed by atoms with E-state index in [1.807, 2.05) is 30.3 Å². The summed E-state index contributed by atoms with van der Waals surface area (Å²) < 4.78 is 0.992. The Morgan fingerprint density at radius 2 is 1.86 bits per heavy atom. The van der Waals surface area contributed by atoms with E-state index in [9.17, 15) is 5.11 Å². The molecule has 0 fully saturated rings. The Hall–Kier alpha value is -1.83. The molecule has 0 unspecified atom stereocenters. The summed E-state index contributed by atoms with van der Waals surface area (Å²) in [5.74, 6) is 0.349. The van der Waals surface area contributed by atoms with Crippen molar-refractivity contribution in [3.05, 3.63) is 63.1 Å². The Bertz CT molecular complexity index is 736. The van der Waals surface area contributed by atoms with Crippen molar-refractivity contribution in [2.24, 2.45) is 0 Å². The Morgan fingerprint density at radius 3 is 2.59 bits per heavy atom. The van der Waals surface area contributed by atoms with Crippen molar-refractivity contribution in [2.45, 2.75) is 19.4 Å². The maximum atomic E-state index is 9.62. The predicted octanol–water partition coefficient (Wildman–Crippen LogP) is 3.63. The van der Waals surface area contributed by atoms with Crippen molar-refractivity contribution in [1.29, 1.82) is 5.26 Å². The first-order valence-electron chi connectivity index (χ1n) is 7.37. The molecular weight excluding hydrogens is 340 g/mol. The summed E-state index contributed by atoms with van der Waals surface area (Å²) in [6, 6.07) is 13.6. The topological polar surface area (TPSA) is 47.3 Å². The van der Waals surface area contributed by atoms with E-state index < -0.39 is 0 Å². The van der Waals surface area contributed by atoms with Crippen LogP contribution in [0.1, 0.15) is 22.3 Å². The van der Waals surface area contributed by atoms with Crippen molar-refractivity contribution in [3.8, 4) is 11.8 Å². The number of phenols is 1. The molecule has 0 amide bonds. The Balaban J connectivity index is 1.72. The molecule has 3 rings (SSSR count). The second kappa shape index (κ2) is 6.51. The lowest BCUT2D eigenvalue weighted by molar-refractivity contribution is 0.279. The average Bonchev–Trinajstić information content (AvgIpc) is 2.71. The number of aromatic hydroxyl groups is 1. The molecule has 0 atom stereocenters. The smallest absolute Gasteiger partial charge is 0.115 e. The fourth-order valence-corrected chi connectivity index (χ4v) is 3.41. The van der Waals surface area contributed by atoms with Crippen LogP contribution >= 0.6 is 15.9 Å². The van der Waals surface area contributed by atoms with Gasteiger partial charge >= 0.3 is 0 Å². The van der Waals surface area contributed by atoms with Gasteiger partial charge in [-0.3, -0.25) is 4.90 Å². The summed E-state index contributed by atoms with van der Waals surface area (Å²) >= 11 is 3.56. The molecule has 0 aliphatic carbocycles. The number of fused-ring (bicyclic) bond motifs is 1. The van der Waals surface area contributed by atoms with Crippen LogP contribution in [0.3, 0.4) is 0 Å². The van der Waals surface area contributed by atoms with E-state index in [0.717, 1.165) is 36.9 Å². The van der Waals surface area contributed by atoms with Gasteiger partial charge in [0.1, 0.15) is 5.75 Å². The number of rotatable bonds is 2. The van der Waals surface area contributed by atoms with Gasteiger partial charge in [0.2, 0.25) is 0 Å². The molecule has 0 spiro atoms. The third-order valence-electron chi connectivity index (χ3n) is 4.16. The zero-order valence-electron chi connectivity index (χ0n) is 12.2. The quantitative estimate of drug-likeness (QED) is 0.893. The maximum absolute atomic E-state index is 9.62. The first-order valence-corrected chi connectivity index (χ1v) is 8.16. The minimum Gasteiger partial charge on any atom is -0.508 e. The molecule has 0 radical (unpaired) electrons. The van der Waals surface area contributed by atoms with Gasteiger partial charge in [-0.05, 0) is 53.8 Å². The van der Waals surface area contributed by atoms with Gasteiger partial charge in [0, 0.05) is 24.1 Å². The largest absolute Gasteiger partial charge is 0.508 e. The van der Waals surface area contributed by atoms with Crippen LogP contribution in [0.5, 0.6) is 5.75 Å². The Labute approximate surface area is 138 Å². The fraction of sp³-hybridized carbons (Fsp3) is 0.278. The average molecular weight is 357 g/mol. The zero-order valence-corrected chi connectivity index (χ0v) is 13.8. The third-order valence-corrected chi connectivity index (χ3v) is 4.90. The minimum atomic E-state index is 0.349. The number of nitrogens with zero attached hydrogens (tertiary/aromatic N) is 2. The van der Waals surface area contributed by atoms with E-state index in [1.54, 1.807) is 6.07 Å². The molecule has 3 nitrogen and oxygen atoms in total. The van der Waals surface area contributed by atoms with Gasteiger partial charge in [0.05, 0.1) is 11.6 Å². The summed E-state index contributed by atoms with van der Waals surface area (Å²) in [5, 5.41) is 18.6. The van der Waals surface area contributed by atoms with Gasteiger partial charge < -0.3 is 5.11 Å². The van der Waals surface area contributed by atoms with Crippen LogP contribution in [0.2, 0.25) is 0 Å². The van der Waals surface area contributed by atoms with Crippen molar-refractivity contribution < 1.29 is 5.11 Å². The van der Waals surface area contributed by atoms with Crippen LogP contribution in [0, 0.1) is 11.3 Å². The van der Waals surface area contributed by atoms with Gasteiger partial charge in [-0.25, -0.2) is 0 Å². The Kier molecular flexibility index (Phi) is 4.47. The van der Waals surface area contributed by atoms with Crippen LogP contribution < -0.4 is 0 Å². The number of benzene rings is 2. The first kappa shape index (κ1) is 15.1. The summed E-state index contributed by atoms with van der Waals surface area (Å²) in [7, 11) is 0. The molecule has 22 heavy (non-hydrogen) atoms. The van der Waals surface area contributed by atoms with Gasteiger partial charge in [0.15, 0.2) is 0 Å². The lowest BCUT2D eigenvalue weighted by Gasteiger charge is -2.20. The molecule has 1 heterocycles. The van der Waals surface area contributed by atoms with E-state index >= 15 is 0 Å². The van der Waals surface area contributed by atoms with Crippen molar-refractivity contribution in [3.63, 3.8) is 0 Å². The molecule has 4 heteroatoms. The predicted molar refractivity (Wildman–Crippen MR) is 89.6 cm³/mol. The first-order chi connectivity index (χ1) is 10.7. The van der Waals surface area contributed by atoms with E-state index in [2.05, 4.69) is 26.9 Å². The number of nitriles is 1. The standard InChI is InChI=1S/C18H17BrN2O/c19-18-9-13(11-20)1-2-16(18)12-21-7-5-14-3-4-17(22)10-15(14)6-8-21/h1-4,9-10,22H,5-8,12H2. The van der Waals surface area contributed by atoms with E-state index in [1.165, 1.54) is 16.7 Å². The lowest BCUT2D eigenvalue weighted by atomic mass is 10.0. The molecule has 0 aromatic heterocycles. The Morgan fingerprint density at radius 1 is 1.09 bits per heavy atom. The van der Waals surface area contributed by atoms with E-state index in [-0.39, 0.29) is 0 Å². The van der Waals surface area contributed by atoms with Crippen LogP contribution in [-0.2, 0) is 19.4 Å². The number of hydrogen-bond donors (Lipinski definition) is 1. The minimum absolute atomic E-state index is 0.349. The highest BCUT2D eigenvalue weighted by molar-refractivity contribution is 9.10. The second-order valence-electron chi connectivity index (χ2n) is 5.65. The highest BCUT2D eigenvalue weighted by Gasteiger charge is 2.15. The van der Waals surface area contributed by atoms with Crippen LogP contribution in [0.25, 0.3) is 0 Å². The van der Waals surface area contributed by atoms with Gasteiger partial charge in [-0.2, -0.15) is 5.26 Å². The van der Waals surface area contributed by atoms with Crippen LogP contribution in [0.4, 0.5) is 0 Å². The van der Waals surface area contributed by atoms with Crippen LogP contribution in [0.15, 0.2) is 40.9 Å². The summed E-state index contributed by atoms with van der Waals surface area (Å²) in [6.45, 7) is 2.85. The molecule has 0 saturated carbocycles. The summed E-state index contributed by atoms with van der Waals surface area (Å²) in [5.41, 5.74) is 4.46. The molecule has 0 saturated heterocycles. The third kappa shape index (κ3) is 3.32. The SMILES string of the molecule is N#Cc1ccc(CN2CCc3ccc(O)cc3CC2)c(Br)c1. The number of phenolic OH excluding ortho intramolecular Hbond substituents is 1. The molecule has 1 N–H and O–H groups in total. The monoisotopic (exact) mass is 356 g/mol. The van der Waals surface area contributed by atoms with Gasteiger partial charge in [0.25, 0.3) is 0 Å². The highest BCUT2D eigenvalue weighted by atomic mass is 79.9. The van der Waals surface area contributed by atoms with Crippen molar-refractivity contribution in [1.82, 2.24) is 4.90 Å². The number of hydrogen-bond acceptors (Lipinski definition) is 3. The molecule has 1 aliphatic rings. The normalized spacial score (nSPS) is 14.9. The zero-order chi connectivity index (χ0) is 15.5. The molecule has 112 valence electrons. The van der Waals surface area contributed by atoms with Crippen molar-refractivity contribution in [2.75, 3.05) is 13.1 Å².